The minimum atomic E-state index is -0.284. The van der Waals surface area contributed by atoms with Crippen molar-refractivity contribution in [2.24, 2.45) is 0 Å². The second kappa shape index (κ2) is 8.12. The minimum Gasteiger partial charge on any atom is -0.496 e. The van der Waals surface area contributed by atoms with Crippen LogP contribution in [0.4, 0.5) is 0 Å². The van der Waals surface area contributed by atoms with Gasteiger partial charge < -0.3 is 24.2 Å². The fraction of sp³-hybridized carbons (Fsp3) is 0.172. The van der Waals surface area contributed by atoms with E-state index in [1.54, 1.807) is 14.2 Å². The van der Waals surface area contributed by atoms with E-state index in [9.17, 15) is 0 Å². The Morgan fingerprint density at radius 2 is 1.12 bits per heavy atom. The number of ether oxygens (including phenoxy) is 3. The minimum absolute atomic E-state index is 0.284. The van der Waals surface area contributed by atoms with E-state index in [4.69, 9.17) is 14.2 Å². The first kappa shape index (κ1) is 20.6. The zero-order valence-electron chi connectivity index (χ0n) is 19.4. The van der Waals surface area contributed by atoms with Crippen molar-refractivity contribution in [2.45, 2.75) is 13.0 Å². The van der Waals surface area contributed by atoms with Crippen LogP contribution in [-0.4, -0.2) is 30.8 Å². The number of fused-ring (bicyclic) bond motifs is 6. The van der Waals surface area contributed by atoms with Gasteiger partial charge in [0.25, 0.3) is 0 Å². The number of aromatic nitrogens is 2. The number of H-pyrrole nitrogens is 2. The third-order valence-corrected chi connectivity index (χ3v) is 6.65. The molecule has 0 aliphatic heterocycles. The van der Waals surface area contributed by atoms with Crippen LogP contribution in [-0.2, 0) is 4.74 Å². The van der Waals surface area contributed by atoms with Gasteiger partial charge in [0.15, 0.2) is 0 Å². The standard InChI is InChI=1S/C29H26N2O3/c1-4-34-29(19-13-15-23(32-2)25-17-9-5-7-11-21(17)30-27(19)25)20-14-16-24(33-3)26-18-10-6-8-12-22(18)31-28(20)26/h5-16,29-31H,4H2,1-3H3. The maximum absolute atomic E-state index is 6.45. The van der Waals surface area contributed by atoms with Crippen molar-refractivity contribution in [3.8, 4) is 11.5 Å². The SMILES string of the molecule is CCOC(c1ccc(OC)c2c1[nH]c1ccccc12)c1ccc(OC)c2c1[nH]c1ccccc12. The Bertz CT molecular complexity index is 1540. The molecule has 0 radical (unpaired) electrons. The summed E-state index contributed by atoms with van der Waals surface area (Å²) in [5.74, 6) is 1.69. The fourth-order valence-electron chi connectivity index (χ4n) is 5.18. The molecule has 2 N–H and O–H groups in total. The number of hydrogen-bond acceptors (Lipinski definition) is 3. The average molecular weight is 451 g/mol. The van der Waals surface area contributed by atoms with E-state index in [-0.39, 0.29) is 6.10 Å². The molecule has 34 heavy (non-hydrogen) atoms. The van der Waals surface area contributed by atoms with E-state index in [1.165, 1.54) is 0 Å². The van der Waals surface area contributed by atoms with Crippen LogP contribution in [0.2, 0.25) is 0 Å². The average Bonchev–Trinajstić information content (AvgIpc) is 3.46. The number of rotatable bonds is 6. The predicted octanol–water partition coefficient (Wildman–Crippen LogP) is 7.10. The molecule has 0 amide bonds. The molecule has 0 aliphatic carbocycles. The highest BCUT2D eigenvalue weighted by Gasteiger charge is 2.25. The van der Waals surface area contributed by atoms with E-state index < -0.39 is 0 Å². The molecule has 5 heteroatoms. The summed E-state index contributed by atoms with van der Waals surface area (Å²) in [5.41, 5.74) is 6.34. The number of benzene rings is 4. The second-order valence-electron chi connectivity index (χ2n) is 8.39. The number of nitrogens with one attached hydrogen (secondary N) is 2. The van der Waals surface area contributed by atoms with Crippen LogP contribution in [0.15, 0.2) is 72.8 Å². The first-order valence-electron chi connectivity index (χ1n) is 11.5. The van der Waals surface area contributed by atoms with Gasteiger partial charge in [0.2, 0.25) is 0 Å². The van der Waals surface area contributed by atoms with Crippen LogP contribution in [0.1, 0.15) is 24.2 Å². The van der Waals surface area contributed by atoms with Crippen molar-refractivity contribution < 1.29 is 14.2 Å². The normalized spacial score (nSPS) is 11.9. The van der Waals surface area contributed by atoms with Gasteiger partial charge in [-0.05, 0) is 31.2 Å². The number of aromatic amines is 2. The van der Waals surface area contributed by atoms with Gasteiger partial charge in [-0.2, -0.15) is 0 Å². The Morgan fingerprint density at radius 3 is 1.56 bits per heavy atom. The molecule has 0 atom stereocenters. The summed E-state index contributed by atoms with van der Waals surface area (Å²) < 4.78 is 18.0. The maximum atomic E-state index is 6.45. The lowest BCUT2D eigenvalue weighted by molar-refractivity contribution is 0.0931. The summed E-state index contributed by atoms with van der Waals surface area (Å²) in [6, 6.07) is 24.9. The third-order valence-electron chi connectivity index (χ3n) is 6.65. The molecule has 0 fully saturated rings. The summed E-state index contributed by atoms with van der Waals surface area (Å²) in [6.07, 6.45) is -0.284. The van der Waals surface area contributed by atoms with Gasteiger partial charge in [0.1, 0.15) is 17.6 Å². The lowest BCUT2D eigenvalue weighted by Crippen LogP contribution is -2.08. The van der Waals surface area contributed by atoms with Crippen molar-refractivity contribution in [3.05, 3.63) is 83.9 Å². The van der Waals surface area contributed by atoms with Crippen molar-refractivity contribution in [3.63, 3.8) is 0 Å². The lowest BCUT2D eigenvalue weighted by atomic mass is 9.96. The van der Waals surface area contributed by atoms with Crippen LogP contribution in [0.5, 0.6) is 11.5 Å². The molecule has 6 rings (SSSR count). The van der Waals surface area contributed by atoms with E-state index in [0.717, 1.165) is 66.2 Å². The summed E-state index contributed by atoms with van der Waals surface area (Å²) >= 11 is 0. The van der Waals surface area contributed by atoms with E-state index in [1.807, 2.05) is 31.2 Å². The largest absolute Gasteiger partial charge is 0.496 e. The summed E-state index contributed by atoms with van der Waals surface area (Å²) in [7, 11) is 3.43. The summed E-state index contributed by atoms with van der Waals surface area (Å²) in [6.45, 7) is 2.61. The molecule has 6 aromatic rings. The molecule has 2 heterocycles. The lowest BCUT2D eigenvalue weighted by Gasteiger charge is -2.21. The Hall–Kier alpha value is -3.96. The van der Waals surface area contributed by atoms with Gasteiger partial charge in [0, 0.05) is 50.3 Å². The quantitative estimate of drug-likeness (QED) is 0.285. The Morgan fingerprint density at radius 1 is 0.647 bits per heavy atom. The fourth-order valence-corrected chi connectivity index (χ4v) is 5.18. The third kappa shape index (κ3) is 2.97. The highest BCUT2D eigenvalue weighted by atomic mass is 16.5. The van der Waals surface area contributed by atoms with Gasteiger partial charge >= 0.3 is 0 Å². The topological polar surface area (TPSA) is 59.3 Å². The highest BCUT2D eigenvalue weighted by Crippen LogP contribution is 2.43. The van der Waals surface area contributed by atoms with Crippen LogP contribution in [0, 0.1) is 0 Å². The van der Waals surface area contributed by atoms with Crippen LogP contribution in [0.25, 0.3) is 43.6 Å². The Labute approximate surface area is 197 Å². The van der Waals surface area contributed by atoms with Gasteiger partial charge in [-0.25, -0.2) is 0 Å². The first-order chi connectivity index (χ1) is 16.7. The first-order valence-corrected chi connectivity index (χ1v) is 11.5. The van der Waals surface area contributed by atoms with Gasteiger partial charge in [-0.15, -0.1) is 0 Å². The molecule has 5 nitrogen and oxygen atoms in total. The molecular formula is C29H26N2O3. The van der Waals surface area contributed by atoms with Gasteiger partial charge in [-0.3, -0.25) is 0 Å². The van der Waals surface area contributed by atoms with Crippen molar-refractivity contribution in [1.82, 2.24) is 9.97 Å². The Balaban J connectivity index is 1.67. The van der Waals surface area contributed by atoms with Crippen LogP contribution >= 0.6 is 0 Å². The molecule has 170 valence electrons. The van der Waals surface area contributed by atoms with Crippen molar-refractivity contribution in [2.75, 3.05) is 20.8 Å². The van der Waals surface area contributed by atoms with Crippen molar-refractivity contribution >= 4 is 43.6 Å². The van der Waals surface area contributed by atoms with E-state index in [0.29, 0.717) is 6.61 Å². The highest BCUT2D eigenvalue weighted by molar-refractivity contribution is 6.13. The second-order valence-corrected chi connectivity index (χ2v) is 8.39. The van der Waals surface area contributed by atoms with Crippen LogP contribution in [0.3, 0.4) is 0 Å². The van der Waals surface area contributed by atoms with Gasteiger partial charge in [0.05, 0.1) is 25.3 Å². The molecular weight excluding hydrogens is 424 g/mol. The number of hydrogen-bond donors (Lipinski definition) is 2. The molecule has 0 saturated heterocycles. The molecule has 0 saturated carbocycles. The molecule has 0 bridgehead atoms. The van der Waals surface area contributed by atoms with Crippen LogP contribution < -0.4 is 9.47 Å². The maximum Gasteiger partial charge on any atom is 0.128 e. The van der Waals surface area contributed by atoms with E-state index >= 15 is 0 Å². The zero-order valence-corrected chi connectivity index (χ0v) is 19.4. The molecule has 4 aromatic carbocycles. The van der Waals surface area contributed by atoms with E-state index in [2.05, 4.69) is 58.5 Å². The molecule has 0 unspecified atom stereocenters. The monoisotopic (exact) mass is 450 g/mol. The van der Waals surface area contributed by atoms with Gasteiger partial charge in [-0.1, -0.05) is 48.5 Å². The Kier molecular flexibility index (Phi) is 4.93. The smallest absolute Gasteiger partial charge is 0.128 e. The summed E-state index contributed by atoms with van der Waals surface area (Å²) in [4.78, 5) is 7.26. The summed E-state index contributed by atoms with van der Waals surface area (Å²) in [5, 5.41) is 4.41. The predicted molar refractivity (Wildman–Crippen MR) is 138 cm³/mol. The molecule has 0 aliphatic rings. The number of methoxy groups -OCH3 is 2. The number of para-hydroxylation sites is 2. The molecule has 2 aromatic heterocycles. The molecule has 0 spiro atoms. The zero-order chi connectivity index (χ0) is 23.2. The van der Waals surface area contributed by atoms with Crippen molar-refractivity contribution in [1.29, 1.82) is 0 Å².